The molecule has 0 unspecified atom stereocenters. The van der Waals surface area contributed by atoms with Crippen molar-refractivity contribution in [2.24, 2.45) is 10.2 Å². The molecule has 18 heavy (non-hydrogen) atoms. The smallest absolute Gasteiger partial charge is 0.335 e. The molecule has 1 N–H and O–H groups in total. The van der Waals surface area contributed by atoms with Crippen LogP contribution >= 0.6 is 0 Å². The van der Waals surface area contributed by atoms with E-state index >= 15 is 0 Å². The summed E-state index contributed by atoms with van der Waals surface area (Å²) in [7, 11) is 0. The van der Waals surface area contributed by atoms with E-state index in [4.69, 9.17) is 5.11 Å². The molecule has 0 aromatic heterocycles. The van der Waals surface area contributed by atoms with Crippen molar-refractivity contribution in [2.45, 2.75) is 6.92 Å². The van der Waals surface area contributed by atoms with Gasteiger partial charge in [0.25, 0.3) is 0 Å². The van der Waals surface area contributed by atoms with E-state index in [0.29, 0.717) is 11.4 Å². The van der Waals surface area contributed by atoms with Gasteiger partial charge in [0.1, 0.15) is 0 Å². The molecule has 4 heteroatoms. The first-order chi connectivity index (χ1) is 8.67. The van der Waals surface area contributed by atoms with Crippen molar-refractivity contribution in [1.29, 1.82) is 0 Å². The van der Waals surface area contributed by atoms with Gasteiger partial charge in [-0.1, -0.05) is 24.8 Å². The molecular weight excluding hydrogens is 228 g/mol. The van der Waals surface area contributed by atoms with Crippen LogP contribution in [0.2, 0.25) is 0 Å². The molecule has 0 bridgehead atoms. The molecule has 0 aliphatic heterocycles. The molecule has 0 radical (unpaired) electrons. The van der Waals surface area contributed by atoms with E-state index in [0.717, 1.165) is 0 Å². The second-order valence-corrected chi connectivity index (χ2v) is 3.38. The van der Waals surface area contributed by atoms with Crippen LogP contribution in [0.4, 0.5) is 5.69 Å². The van der Waals surface area contributed by atoms with Gasteiger partial charge in [-0.15, -0.1) is 0 Å². The summed E-state index contributed by atoms with van der Waals surface area (Å²) in [6.07, 6.45) is 6.95. The van der Waals surface area contributed by atoms with Crippen LogP contribution in [0.5, 0.6) is 0 Å². The van der Waals surface area contributed by atoms with Crippen LogP contribution in [0, 0.1) is 0 Å². The normalized spacial score (nSPS) is 12.2. The Balaban J connectivity index is 2.95. The fourth-order valence-electron chi connectivity index (χ4n) is 1.23. The minimum absolute atomic E-state index is 0.187. The maximum absolute atomic E-state index is 10.8. The summed E-state index contributed by atoms with van der Waals surface area (Å²) < 4.78 is 0. The Labute approximate surface area is 106 Å². The van der Waals surface area contributed by atoms with Gasteiger partial charge in [0, 0.05) is 0 Å². The SMILES string of the molecule is C=C/C=C(\C=C/C)N=Nc1cccc(C(=O)O)c1. The summed E-state index contributed by atoms with van der Waals surface area (Å²) in [6.45, 7) is 5.46. The van der Waals surface area contributed by atoms with Gasteiger partial charge in [0.2, 0.25) is 0 Å². The number of carbonyl (C=O) groups is 1. The molecule has 1 aromatic carbocycles. The zero-order chi connectivity index (χ0) is 13.4. The lowest BCUT2D eigenvalue weighted by Crippen LogP contribution is -1.94. The van der Waals surface area contributed by atoms with Gasteiger partial charge in [0.05, 0.1) is 16.9 Å². The monoisotopic (exact) mass is 242 g/mol. The highest BCUT2D eigenvalue weighted by molar-refractivity contribution is 5.88. The van der Waals surface area contributed by atoms with Gasteiger partial charge < -0.3 is 5.11 Å². The second-order valence-electron chi connectivity index (χ2n) is 3.38. The van der Waals surface area contributed by atoms with Crippen molar-refractivity contribution in [2.75, 3.05) is 0 Å². The zero-order valence-corrected chi connectivity index (χ0v) is 10.1. The highest BCUT2D eigenvalue weighted by Crippen LogP contribution is 2.16. The maximum atomic E-state index is 10.8. The Bertz CT molecular complexity index is 528. The maximum Gasteiger partial charge on any atom is 0.335 e. The molecule has 0 saturated heterocycles. The second kappa shape index (κ2) is 6.96. The zero-order valence-electron chi connectivity index (χ0n) is 10.1. The first-order valence-electron chi connectivity index (χ1n) is 5.38. The molecule has 0 atom stereocenters. The number of hydrogen-bond donors (Lipinski definition) is 1. The standard InChI is InChI=1S/C14H14N2O2/c1-3-6-12(7-4-2)15-16-13-9-5-8-11(10-13)14(17)18/h3-10H,1H2,2H3,(H,17,18)/b7-4-,12-6+,16-15?. The molecular formula is C14H14N2O2. The van der Waals surface area contributed by atoms with Gasteiger partial charge in [-0.25, -0.2) is 4.79 Å². The summed E-state index contributed by atoms with van der Waals surface area (Å²) in [5.41, 5.74) is 1.33. The first-order valence-corrected chi connectivity index (χ1v) is 5.38. The predicted molar refractivity (Wildman–Crippen MR) is 71.0 cm³/mol. The molecule has 4 nitrogen and oxygen atoms in total. The number of carboxylic acids is 1. The van der Waals surface area contributed by atoms with Crippen molar-refractivity contribution < 1.29 is 9.90 Å². The Morgan fingerprint density at radius 3 is 2.83 bits per heavy atom. The minimum atomic E-state index is -0.984. The van der Waals surface area contributed by atoms with Crippen LogP contribution < -0.4 is 0 Å². The van der Waals surface area contributed by atoms with Crippen molar-refractivity contribution in [3.8, 4) is 0 Å². The lowest BCUT2D eigenvalue weighted by Gasteiger charge is -1.96. The molecule has 1 rings (SSSR count). The van der Waals surface area contributed by atoms with Gasteiger partial charge >= 0.3 is 5.97 Å². The quantitative estimate of drug-likeness (QED) is 0.623. The third-order valence-electron chi connectivity index (χ3n) is 2.00. The fourth-order valence-corrected chi connectivity index (χ4v) is 1.23. The Morgan fingerprint density at radius 1 is 1.44 bits per heavy atom. The van der Waals surface area contributed by atoms with Gasteiger partial charge in [-0.3, -0.25) is 0 Å². The topological polar surface area (TPSA) is 62.0 Å². The van der Waals surface area contributed by atoms with E-state index in [1.807, 2.05) is 13.0 Å². The van der Waals surface area contributed by atoms with Crippen molar-refractivity contribution in [1.82, 2.24) is 0 Å². The summed E-state index contributed by atoms with van der Waals surface area (Å²) >= 11 is 0. The number of hydrogen-bond acceptors (Lipinski definition) is 3. The van der Waals surface area contributed by atoms with E-state index in [9.17, 15) is 4.79 Å². The number of carboxylic acid groups (broad SMARTS) is 1. The molecule has 0 spiro atoms. The van der Waals surface area contributed by atoms with E-state index in [1.165, 1.54) is 12.1 Å². The van der Waals surface area contributed by atoms with Crippen molar-refractivity contribution in [3.63, 3.8) is 0 Å². The van der Waals surface area contributed by atoms with Crippen LogP contribution in [0.1, 0.15) is 17.3 Å². The number of allylic oxidation sites excluding steroid dienone is 4. The van der Waals surface area contributed by atoms with Crippen molar-refractivity contribution in [3.05, 3.63) is 66.4 Å². The Kier molecular flexibility index (Phi) is 5.25. The van der Waals surface area contributed by atoms with E-state index in [2.05, 4.69) is 16.8 Å². The van der Waals surface area contributed by atoms with E-state index in [-0.39, 0.29) is 5.56 Å². The van der Waals surface area contributed by atoms with Crippen LogP contribution in [-0.4, -0.2) is 11.1 Å². The number of aromatic carboxylic acids is 1. The summed E-state index contributed by atoms with van der Waals surface area (Å²) in [6, 6.07) is 6.29. The third-order valence-corrected chi connectivity index (χ3v) is 2.00. The summed E-state index contributed by atoms with van der Waals surface area (Å²) in [5, 5.41) is 16.8. The number of nitrogens with zero attached hydrogens (tertiary/aromatic N) is 2. The van der Waals surface area contributed by atoms with Crippen LogP contribution in [-0.2, 0) is 0 Å². The van der Waals surface area contributed by atoms with Crippen LogP contribution in [0.3, 0.4) is 0 Å². The van der Waals surface area contributed by atoms with Crippen molar-refractivity contribution >= 4 is 11.7 Å². The number of benzene rings is 1. The predicted octanol–water partition coefficient (Wildman–Crippen LogP) is 4.11. The van der Waals surface area contributed by atoms with E-state index in [1.54, 1.807) is 30.4 Å². The minimum Gasteiger partial charge on any atom is -0.478 e. The average Bonchev–Trinajstić information content (AvgIpc) is 2.37. The molecule has 1 aromatic rings. The average molecular weight is 242 g/mol. The molecule has 0 heterocycles. The molecule has 0 aliphatic rings. The van der Waals surface area contributed by atoms with Gasteiger partial charge in [-0.2, -0.15) is 10.2 Å². The number of azo groups is 1. The van der Waals surface area contributed by atoms with E-state index < -0.39 is 5.97 Å². The van der Waals surface area contributed by atoms with Gasteiger partial charge in [0.15, 0.2) is 0 Å². The molecule has 92 valence electrons. The first kappa shape index (κ1) is 13.6. The molecule has 0 fully saturated rings. The molecule has 0 aliphatic carbocycles. The summed E-state index contributed by atoms with van der Waals surface area (Å²) in [4.78, 5) is 10.8. The number of rotatable bonds is 5. The Morgan fingerprint density at radius 2 is 2.22 bits per heavy atom. The highest BCUT2D eigenvalue weighted by atomic mass is 16.4. The lowest BCUT2D eigenvalue weighted by atomic mass is 10.2. The Hall–Kier alpha value is -2.49. The summed E-state index contributed by atoms with van der Waals surface area (Å²) in [5.74, 6) is -0.984. The highest BCUT2D eigenvalue weighted by Gasteiger charge is 2.02. The molecule has 0 amide bonds. The van der Waals surface area contributed by atoms with Crippen LogP contribution in [0.25, 0.3) is 0 Å². The largest absolute Gasteiger partial charge is 0.478 e. The van der Waals surface area contributed by atoms with Gasteiger partial charge in [-0.05, 0) is 37.3 Å². The van der Waals surface area contributed by atoms with Crippen LogP contribution in [0.15, 0.2) is 71.1 Å². The molecule has 0 saturated carbocycles. The lowest BCUT2D eigenvalue weighted by molar-refractivity contribution is 0.0697. The third kappa shape index (κ3) is 4.17. The fraction of sp³-hybridized carbons (Fsp3) is 0.0714.